The van der Waals surface area contributed by atoms with Crippen LogP contribution in [0.25, 0.3) is 0 Å². The zero-order chi connectivity index (χ0) is 22.2. The van der Waals surface area contributed by atoms with E-state index in [0.29, 0.717) is 30.6 Å². The van der Waals surface area contributed by atoms with Gasteiger partial charge in [0.1, 0.15) is 11.4 Å². The van der Waals surface area contributed by atoms with Crippen LogP contribution in [-0.2, 0) is 15.8 Å². The van der Waals surface area contributed by atoms with Gasteiger partial charge in [0.05, 0.1) is 11.8 Å². The quantitative estimate of drug-likeness (QED) is 0.761. The molecule has 0 aliphatic carbocycles. The first kappa shape index (κ1) is 21.8. The van der Waals surface area contributed by atoms with Crippen molar-refractivity contribution in [2.75, 3.05) is 13.1 Å². The number of aryl methyl sites for hydroxylation is 1. The summed E-state index contributed by atoms with van der Waals surface area (Å²) in [5.41, 5.74) is 2.91. The van der Waals surface area contributed by atoms with E-state index in [4.69, 9.17) is 4.74 Å². The molecule has 1 atom stereocenters. The van der Waals surface area contributed by atoms with Crippen molar-refractivity contribution in [2.24, 2.45) is 0 Å². The molecule has 2 heterocycles. The Balaban J connectivity index is 1.47. The fourth-order valence-electron chi connectivity index (χ4n) is 4.35. The van der Waals surface area contributed by atoms with E-state index in [9.17, 15) is 13.2 Å². The van der Waals surface area contributed by atoms with Crippen molar-refractivity contribution in [1.82, 2.24) is 9.62 Å². The molecule has 0 aromatic heterocycles. The number of hydrogen-bond acceptors (Lipinski definition) is 4. The van der Waals surface area contributed by atoms with E-state index in [2.05, 4.69) is 5.32 Å². The number of carbonyl (C=O) groups is 1. The monoisotopic (exact) mass is 442 g/mol. The van der Waals surface area contributed by atoms with E-state index in [1.54, 1.807) is 28.6 Å². The molecular formula is C24H30N2O4S. The van der Waals surface area contributed by atoms with E-state index in [1.165, 1.54) is 0 Å². The Morgan fingerprint density at radius 3 is 2.48 bits per heavy atom. The third-order valence-corrected chi connectivity index (χ3v) is 7.81. The molecule has 6 nitrogen and oxygen atoms in total. The minimum Gasteiger partial charge on any atom is -0.487 e. The molecule has 31 heavy (non-hydrogen) atoms. The number of nitrogens with zero attached hydrogens (tertiary/aromatic N) is 1. The summed E-state index contributed by atoms with van der Waals surface area (Å²) in [5.74, 6) is 0.600. The Morgan fingerprint density at radius 1 is 1.13 bits per heavy atom. The minimum absolute atomic E-state index is 0.0320. The van der Waals surface area contributed by atoms with Crippen LogP contribution in [0.3, 0.4) is 0 Å². The third-order valence-electron chi connectivity index (χ3n) is 5.96. The second-order valence-electron chi connectivity index (χ2n) is 9.19. The number of rotatable bonds is 5. The highest BCUT2D eigenvalue weighted by molar-refractivity contribution is 7.88. The predicted molar refractivity (Wildman–Crippen MR) is 121 cm³/mol. The van der Waals surface area contributed by atoms with Crippen molar-refractivity contribution in [3.8, 4) is 5.75 Å². The van der Waals surface area contributed by atoms with Gasteiger partial charge >= 0.3 is 0 Å². The Hall–Kier alpha value is -2.38. The number of hydrogen-bond donors (Lipinski definition) is 1. The fraction of sp³-hybridized carbons (Fsp3) is 0.458. The molecule has 7 heteroatoms. The zero-order valence-corrected chi connectivity index (χ0v) is 19.2. The number of amides is 1. The molecule has 0 unspecified atom stereocenters. The highest BCUT2D eigenvalue weighted by Gasteiger charge is 2.34. The topological polar surface area (TPSA) is 75.7 Å². The standard InChI is InChI=1S/C24H30N2O4S/c1-17-6-11-20-21(15-24(2,3)30-22(20)14-17)25-23(27)19-9-7-18(8-10-19)16-31(28,29)26-12-4-5-13-26/h6-11,14,21H,4-5,12-13,15-16H2,1-3H3,(H,25,27)/t21-/m0/s1. The Bertz CT molecular complexity index is 1070. The van der Waals surface area contributed by atoms with E-state index in [-0.39, 0.29) is 23.3 Å². The van der Waals surface area contributed by atoms with Gasteiger partial charge in [0.15, 0.2) is 0 Å². The Labute approximate surface area is 184 Å². The number of carbonyl (C=O) groups excluding carboxylic acids is 1. The van der Waals surface area contributed by atoms with Crippen LogP contribution in [0.15, 0.2) is 42.5 Å². The van der Waals surface area contributed by atoms with Gasteiger partial charge in [-0.15, -0.1) is 0 Å². The summed E-state index contributed by atoms with van der Waals surface area (Å²) in [7, 11) is -3.30. The number of ether oxygens (including phenoxy) is 1. The van der Waals surface area contributed by atoms with Crippen molar-refractivity contribution in [3.63, 3.8) is 0 Å². The van der Waals surface area contributed by atoms with Crippen molar-refractivity contribution in [3.05, 3.63) is 64.7 Å². The van der Waals surface area contributed by atoms with Gasteiger partial charge in [0, 0.05) is 30.6 Å². The van der Waals surface area contributed by atoms with E-state index in [0.717, 1.165) is 29.7 Å². The molecule has 1 amide bonds. The summed E-state index contributed by atoms with van der Waals surface area (Å²) in [6.45, 7) is 7.26. The van der Waals surface area contributed by atoms with Crippen molar-refractivity contribution in [2.45, 2.75) is 57.4 Å². The molecule has 2 aromatic rings. The van der Waals surface area contributed by atoms with Gasteiger partial charge in [-0.05, 0) is 62.9 Å². The summed E-state index contributed by atoms with van der Waals surface area (Å²) in [4.78, 5) is 12.9. The lowest BCUT2D eigenvalue weighted by atomic mass is 9.89. The van der Waals surface area contributed by atoms with Gasteiger partial charge in [-0.2, -0.15) is 0 Å². The molecule has 0 bridgehead atoms. The molecule has 2 aliphatic heterocycles. The molecule has 4 rings (SSSR count). The minimum atomic E-state index is -3.30. The van der Waals surface area contributed by atoms with Gasteiger partial charge in [0.25, 0.3) is 5.91 Å². The summed E-state index contributed by atoms with van der Waals surface area (Å²) in [5, 5.41) is 3.13. The lowest BCUT2D eigenvalue weighted by Crippen LogP contribution is -2.41. The third kappa shape index (κ3) is 4.93. The van der Waals surface area contributed by atoms with E-state index in [1.807, 2.05) is 39.0 Å². The molecule has 0 radical (unpaired) electrons. The van der Waals surface area contributed by atoms with Crippen LogP contribution in [0.4, 0.5) is 0 Å². The van der Waals surface area contributed by atoms with Gasteiger partial charge < -0.3 is 10.1 Å². The Morgan fingerprint density at radius 2 is 1.81 bits per heavy atom. The smallest absolute Gasteiger partial charge is 0.251 e. The summed E-state index contributed by atoms with van der Waals surface area (Å²) in [6.07, 6.45) is 2.51. The highest BCUT2D eigenvalue weighted by Crippen LogP contribution is 2.40. The molecular weight excluding hydrogens is 412 g/mol. The van der Waals surface area contributed by atoms with E-state index < -0.39 is 10.0 Å². The van der Waals surface area contributed by atoms with Gasteiger partial charge in [0.2, 0.25) is 10.0 Å². The van der Waals surface area contributed by atoms with Crippen LogP contribution < -0.4 is 10.1 Å². The molecule has 2 aromatic carbocycles. The second-order valence-corrected chi connectivity index (χ2v) is 11.2. The lowest BCUT2D eigenvalue weighted by molar-refractivity contribution is 0.0619. The van der Waals surface area contributed by atoms with Gasteiger partial charge in [-0.3, -0.25) is 4.79 Å². The lowest BCUT2D eigenvalue weighted by Gasteiger charge is -2.38. The molecule has 1 saturated heterocycles. The van der Waals surface area contributed by atoms with Crippen molar-refractivity contribution in [1.29, 1.82) is 0 Å². The maximum Gasteiger partial charge on any atom is 0.251 e. The molecule has 166 valence electrons. The first-order valence-corrected chi connectivity index (χ1v) is 12.4. The first-order chi connectivity index (χ1) is 14.6. The van der Waals surface area contributed by atoms with Crippen LogP contribution in [0.5, 0.6) is 5.75 Å². The fourth-order valence-corrected chi connectivity index (χ4v) is 5.96. The maximum absolute atomic E-state index is 12.9. The molecule has 1 fully saturated rings. The second kappa shape index (κ2) is 8.28. The van der Waals surface area contributed by atoms with Crippen LogP contribution in [0.2, 0.25) is 0 Å². The van der Waals surface area contributed by atoms with Crippen molar-refractivity contribution < 1.29 is 17.9 Å². The van der Waals surface area contributed by atoms with Crippen LogP contribution in [-0.4, -0.2) is 37.3 Å². The number of fused-ring (bicyclic) bond motifs is 1. The zero-order valence-electron chi connectivity index (χ0n) is 18.3. The highest BCUT2D eigenvalue weighted by atomic mass is 32.2. The average molecular weight is 443 g/mol. The molecule has 0 spiro atoms. The number of benzene rings is 2. The molecule has 0 saturated carbocycles. The van der Waals surface area contributed by atoms with Crippen LogP contribution in [0, 0.1) is 6.92 Å². The van der Waals surface area contributed by atoms with Crippen LogP contribution in [0.1, 0.15) is 66.2 Å². The van der Waals surface area contributed by atoms with Gasteiger partial charge in [-0.1, -0.05) is 24.3 Å². The van der Waals surface area contributed by atoms with Crippen molar-refractivity contribution >= 4 is 15.9 Å². The molecule has 1 N–H and O–H groups in total. The maximum atomic E-state index is 12.9. The SMILES string of the molecule is Cc1ccc2c(c1)OC(C)(C)C[C@@H]2NC(=O)c1ccc(CS(=O)(=O)N2CCCC2)cc1. The van der Waals surface area contributed by atoms with Gasteiger partial charge in [-0.25, -0.2) is 12.7 Å². The van der Waals surface area contributed by atoms with E-state index >= 15 is 0 Å². The summed E-state index contributed by atoms with van der Waals surface area (Å²) < 4.78 is 32.7. The first-order valence-electron chi connectivity index (χ1n) is 10.8. The van der Waals surface area contributed by atoms with Crippen LogP contribution >= 0.6 is 0 Å². The average Bonchev–Trinajstić information content (AvgIpc) is 3.23. The normalized spacial score (nSPS) is 20.7. The molecule has 2 aliphatic rings. The number of nitrogens with one attached hydrogen (secondary N) is 1. The summed E-state index contributed by atoms with van der Waals surface area (Å²) >= 11 is 0. The largest absolute Gasteiger partial charge is 0.487 e. The number of sulfonamides is 1. The predicted octanol–water partition coefficient (Wildman–Crippen LogP) is 3.95. The summed E-state index contributed by atoms with van der Waals surface area (Å²) in [6, 6.07) is 12.7. The Kier molecular flexibility index (Phi) is 5.83.